The van der Waals surface area contributed by atoms with Crippen LogP contribution in [0, 0.1) is 29.6 Å². The van der Waals surface area contributed by atoms with Crippen molar-refractivity contribution in [1.29, 1.82) is 0 Å². The number of amides is 1. The molecule has 0 saturated heterocycles. The molecule has 0 atom stereocenters. The Morgan fingerprint density at radius 3 is 2.06 bits per heavy atom. The maximum Gasteiger partial charge on any atom is 0.224 e. The Labute approximate surface area is 114 Å². The minimum atomic E-state index is -0.0205. The molecule has 3 heteroatoms. The second kappa shape index (κ2) is 3.88. The summed E-state index contributed by atoms with van der Waals surface area (Å²) in [7, 11) is 0. The van der Waals surface area contributed by atoms with Crippen LogP contribution in [0.2, 0.25) is 0 Å². The predicted molar refractivity (Wildman–Crippen MR) is 71.4 cm³/mol. The van der Waals surface area contributed by atoms with E-state index in [0.29, 0.717) is 29.5 Å². The molecule has 18 heavy (non-hydrogen) atoms. The molecule has 2 nitrogen and oxygen atoms in total. The topological polar surface area (TPSA) is 29.1 Å². The highest BCUT2D eigenvalue weighted by molar-refractivity contribution is 6.19. The molecular weight excluding hydrogens is 246 g/mol. The Morgan fingerprint density at radius 1 is 1.06 bits per heavy atom. The lowest BCUT2D eigenvalue weighted by atomic mass is 9.51. The molecule has 0 aliphatic heterocycles. The second-order valence-corrected chi connectivity index (χ2v) is 7.63. The molecule has 0 aromatic heterocycles. The van der Waals surface area contributed by atoms with Crippen molar-refractivity contribution in [2.45, 2.75) is 50.5 Å². The predicted octanol–water partition coefficient (Wildman–Crippen LogP) is 2.95. The Kier molecular flexibility index (Phi) is 2.49. The summed E-state index contributed by atoms with van der Waals surface area (Å²) in [5.74, 6) is 4.51. The van der Waals surface area contributed by atoms with Gasteiger partial charge in [0, 0.05) is 11.8 Å². The van der Waals surface area contributed by atoms with Crippen molar-refractivity contribution in [3.8, 4) is 0 Å². The lowest BCUT2D eigenvalue weighted by molar-refractivity contribution is -0.139. The third kappa shape index (κ3) is 1.71. The van der Waals surface area contributed by atoms with Gasteiger partial charge in [0.1, 0.15) is 0 Å². The fourth-order valence-corrected chi connectivity index (χ4v) is 5.47. The Bertz CT molecular complexity index is 349. The minimum absolute atomic E-state index is 0.0205. The average Bonchev–Trinajstić information content (AvgIpc) is 3.08. The molecule has 5 fully saturated rings. The van der Waals surface area contributed by atoms with Gasteiger partial charge in [-0.15, -0.1) is 11.6 Å². The van der Waals surface area contributed by atoms with Gasteiger partial charge >= 0.3 is 0 Å². The molecule has 1 amide bonds. The van der Waals surface area contributed by atoms with Gasteiger partial charge in [-0.05, 0) is 68.6 Å². The molecule has 0 heterocycles. The van der Waals surface area contributed by atoms with Crippen LogP contribution in [-0.2, 0) is 4.79 Å². The van der Waals surface area contributed by atoms with Crippen LogP contribution < -0.4 is 5.32 Å². The molecule has 0 aromatic carbocycles. The number of nitrogens with one attached hydrogen (secondary N) is 1. The first kappa shape index (κ1) is 11.6. The number of carbonyl (C=O) groups excluding carboxylic acids is 1. The summed E-state index contributed by atoms with van der Waals surface area (Å²) in [4.78, 5) is 12.6. The van der Waals surface area contributed by atoms with Crippen molar-refractivity contribution in [3.05, 3.63) is 0 Å². The van der Waals surface area contributed by atoms with Crippen molar-refractivity contribution in [2.24, 2.45) is 29.6 Å². The molecule has 4 bridgehead atoms. The SMILES string of the molecule is O=C(NC1(CCl)CC1)C1C2CC3CC(C2)CC1C3. The van der Waals surface area contributed by atoms with Crippen molar-refractivity contribution in [2.75, 3.05) is 5.88 Å². The van der Waals surface area contributed by atoms with Gasteiger partial charge in [-0.2, -0.15) is 0 Å². The molecular formula is C15H22ClNO. The quantitative estimate of drug-likeness (QED) is 0.783. The van der Waals surface area contributed by atoms with E-state index in [-0.39, 0.29) is 5.54 Å². The van der Waals surface area contributed by atoms with E-state index in [2.05, 4.69) is 5.32 Å². The lowest BCUT2D eigenvalue weighted by Gasteiger charge is -2.53. The van der Waals surface area contributed by atoms with Gasteiger partial charge in [-0.3, -0.25) is 4.79 Å². The van der Waals surface area contributed by atoms with Gasteiger partial charge < -0.3 is 5.32 Å². The van der Waals surface area contributed by atoms with E-state index in [9.17, 15) is 4.79 Å². The first-order valence-electron chi connectivity index (χ1n) is 7.57. The molecule has 0 spiro atoms. The Hall–Kier alpha value is -0.240. The average molecular weight is 268 g/mol. The summed E-state index contributed by atoms with van der Waals surface area (Å²) in [5.41, 5.74) is -0.0205. The number of halogens is 1. The summed E-state index contributed by atoms with van der Waals surface area (Å²) in [6, 6.07) is 0. The number of hydrogen-bond donors (Lipinski definition) is 1. The van der Waals surface area contributed by atoms with Crippen LogP contribution in [0.1, 0.15) is 44.9 Å². The Morgan fingerprint density at radius 2 is 1.61 bits per heavy atom. The summed E-state index contributed by atoms with van der Waals surface area (Å²) in [5, 5.41) is 3.27. The second-order valence-electron chi connectivity index (χ2n) is 7.36. The molecule has 5 rings (SSSR count). The van der Waals surface area contributed by atoms with Crippen LogP contribution in [0.15, 0.2) is 0 Å². The van der Waals surface area contributed by atoms with E-state index >= 15 is 0 Å². The van der Waals surface area contributed by atoms with Crippen molar-refractivity contribution in [3.63, 3.8) is 0 Å². The first-order valence-corrected chi connectivity index (χ1v) is 8.10. The van der Waals surface area contributed by atoms with Crippen molar-refractivity contribution < 1.29 is 4.79 Å². The molecule has 0 radical (unpaired) electrons. The normalized spacial score (nSPS) is 47.1. The van der Waals surface area contributed by atoms with Crippen molar-refractivity contribution >= 4 is 17.5 Å². The van der Waals surface area contributed by atoms with Crippen LogP contribution in [0.25, 0.3) is 0 Å². The van der Waals surface area contributed by atoms with E-state index in [0.717, 1.165) is 24.7 Å². The summed E-state index contributed by atoms with van der Waals surface area (Å²) < 4.78 is 0. The van der Waals surface area contributed by atoms with Gasteiger partial charge in [0.05, 0.1) is 5.54 Å². The van der Waals surface area contributed by atoms with E-state index in [1.165, 1.54) is 32.1 Å². The molecule has 0 unspecified atom stereocenters. The van der Waals surface area contributed by atoms with Crippen molar-refractivity contribution in [1.82, 2.24) is 5.32 Å². The van der Waals surface area contributed by atoms with E-state index in [1.807, 2.05) is 0 Å². The maximum absolute atomic E-state index is 12.6. The van der Waals surface area contributed by atoms with Crippen LogP contribution in [0.3, 0.4) is 0 Å². The largest absolute Gasteiger partial charge is 0.349 e. The highest BCUT2D eigenvalue weighted by atomic mass is 35.5. The number of carbonyl (C=O) groups is 1. The number of alkyl halides is 1. The van der Waals surface area contributed by atoms with E-state index < -0.39 is 0 Å². The zero-order valence-electron chi connectivity index (χ0n) is 10.8. The summed E-state index contributed by atoms with van der Waals surface area (Å²) in [6.45, 7) is 0. The zero-order valence-corrected chi connectivity index (χ0v) is 11.6. The fraction of sp³-hybridized carbons (Fsp3) is 0.933. The summed E-state index contributed by atoms with van der Waals surface area (Å²) >= 11 is 5.97. The molecule has 100 valence electrons. The smallest absolute Gasteiger partial charge is 0.224 e. The molecule has 5 aliphatic rings. The van der Waals surface area contributed by atoms with Gasteiger partial charge in [0.15, 0.2) is 0 Å². The Balaban J connectivity index is 1.49. The number of rotatable bonds is 3. The molecule has 1 N–H and O–H groups in total. The van der Waals surface area contributed by atoms with Gasteiger partial charge in [-0.25, -0.2) is 0 Å². The maximum atomic E-state index is 12.6. The third-order valence-corrected chi connectivity index (χ3v) is 6.54. The highest BCUT2D eigenvalue weighted by Gasteiger charge is 2.52. The summed E-state index contributed by atoms with van der Waals surface area (Å²) in [6.07, 6.45) is 8.88. The zero-order chi connectivity index (χ0) is 12.3. The van der Waals surface area contributed by atoms with Crippen LogP contribution in [0.4, 0.5) is 0 Å². The first-order chi connectivity index (χ1) is 8.69. The van der Waals surface area contributed by atoms with Gasteiger partial charge in [0.2, 0.25) is 5.91 Å². The van der Waals surface area contributed by atoms with E-state index in [1.54, 1.807) is 0 Å². The molecule has 5 saturated carbocycles. The monoisotopic (exact) mass is 267 g/mol. The molecule has 0 aromatic rings. The highest BCUT2D eigenvalue weighted by Crippen LogP contribution is 2.56. The van der Waals surface area contributed by atoms with Crippen LogP contribution >= 0.6 is 11.6 Å². The lowest BCUT2D eigenvalue weighted by Crippen LogP contribution is -2.53. The van der Waals surface area contributed by atoms with Crippen LogP contribution in [-0.4, -0.2) is 17.3 Å². The third-order valence-electron chi connectivity index (χ3n) is 6.03. The minimum Gasteiger partial charge on any atom is -0.349 e. The fourth-order valence-electron chi connectivity index (χ4n) is 5.14. The van der Waals surface area contributed by atoms with E-state index in [4.69, 9.17) is 11.6 Å². The van der Waals surface area contributed by atoms with Crippen LogP contribution in [0.5, 0.6) is 0 Å². The van der Waals surface area contributed by atoms with Gasteiger partial charge in [0.25, 0.3) is 0 Å². The molecule has 5 aliphatic carbocycles. The standard InChI is InChI=1S/C15H22ClNO/c16-8-15(1-2-15)17-14(18)13-11-4-9-3-10(6-11)7-12(13)5-9/h9-13H,1-8H2,(H,17,18). The number of hydrogen-bond acceptors (Lipinski definition) is 1. The van der Waals surface area contributed by atoms with Gasteiger partial charge in [-0.1, -0.05) is 0 Å².